The molecule has 0 saturated heterocycles. The number of carbonyl (C=O) groups excluding carboxylic acids is 2. The summed E-state index contributed by atoms with van der Waals surface area (Å²) in [5.41, 5.74) is 2.66. The van der Waals surface area contributed by atoms with Crippen molar-refractivity contribution in [3.05, 3.63) is 30.5 Å². The molecule has 0 bridgehead atoms. The summed E-state index contributed by atoms with van der Waals surface area (Å²) in [5, 5.41) is 2.47. The topological polar surface area (TPSA) is 55.4 Å². The predicted molar refractivity (Wildman–Crippen MR) is 52.5 cm³/mol. The molecule has 0 aliphatic rings. The Morgan fingerprint density at radius 3 is 2.71 bits per heavy atom. The van der Waals surface area contributed by atoms with Gasteiger partial charge in [0.2, 0.25) is 0 Å². The molecule has 4 heteroatoms. The second-order valence-electron chi connectivity index (χ2n) is 2.56. The van der Waals surface area contributed by atoms with Crippen LogP contribution >= 0.6 is 0 Å². The van der Waals surface area contributed by atoms with E-state index in [4.69, 9.17) is 4.74 Å². The molecular weight excluding hydrogens is 182 g/mol. The second-order valence-corrected chi connectivity index (χ2v) is 2.56. The highest BCUT2D eigenvalue weighted by Gasteiger charge is 2.02. The van der Waals surface area contributed by atoms with Crippen LogP contribution in [0, 0.1) is 0 Å². The van der Waals surface area contributed by atoms with Crippen LogP contribution in [0.25, 0.3) is 0 Å². The van der Waals surface area contributed by atoms with Crippen molar-refractivity contribution in [1.29, 1.82) is 0 Å². The van der Waals surface area contributed by atoms with Crippen LogP contribution in [0.15, 0.2) is 30.5 Å². The Hall–Kier alpha value is -1.80. The van der Waals surface area contributed by atoms with Gasteiger partial charge < -0.3 is 10.1 Å². The molecule has 0 aromatic carbocycles. The molecule has 4 nitrogen and oxygen atoms in total. The molecule has 0 unspecified atom stereocenters. The number of ether oxygens (including phenoxy) is 1. The van der Waals surface area contributed by atoms with Gasteiger partial charge in [-0.1, -0.05) is 13.2 Å². The van der Waals surface area contributed by atoms with Gasteiger partial charge in [0.05, 0.1) is 6.54 Å². The van der Waals surface area contributed by atoms with Gasteiger partial charge in [-0.3, -0.25) is 4.79 Å². The molecule has 0 rings (SSSR count). The maximum atomic E-state index is 10.8. The van der Waals surface area contributed by atoms with Crippen molar-refractivity contribution < 1.29 is 14.3 Å². The monoisotopic (exact) mass is 195 g/mol. The standard InChI is InChI=1S/C10H13NO3/c1-4-5-9(12)11-6-7-14-10(13)8(2)3/h5H,1-2,6-7H2,3H3,(H,11,12). The van der Waals surface area contributed by atoms with Crippen LogP contribution in [0.2, 0.25) is 0 Å². The van der Waals surface area contributed by atoms with E-state index in [1.165, 1.54) is 6.08 Å². The lowest BCUT2D eigenvalue weighted by molar-refractivity contribution is -0.139. The van der Waals surface area contributed by atoms with E-state index in [1.807, 2.05) is 0 Å². The highest BCUT2D eigenvalue weighted by Crippen LogP contribution is 1.90. The Kier molecular flexibility index (Phi) is 5.83. The van der Waals surface area contributed by atoms with E-state index in [-0.39, 0.29) is 19.1 Å². The molecule has 0 radical (unpaired) electrons. The third-order valence-corrected chi connectivity index (χ3v) is 1.22. The molecule has 1 amide bonds. The van der Waals surface area contributed by atoms with E-state index in [1.54, 1.807) is 6.92 Å². The minimum absolute atomic E-state index is 0.127. The zero-order valence-electron chi connectivity index (χ0n) is 8.13. The van der Waals surface area contributed by atoms with Gasteiger partial charge in [-0.2, -0.15) is 0 Å². The number of rotatable bonds is 5. The minimum atomic E-state index is -0.460. The fourth-order valence-electron chi connectivity index (χ4n) is 0.585. The lowest BCUT2D eigenvalue weighted by Crippen LogP contribution is -2.26. The van der Waals surface area contributed by atoms with E-state index in [2.05, 4.69) is 24.2 Å². The van der Waals surface area contributed by atoms with Gasteiger partial charge in [0.1, 0.15) is 6.61 Å². The van der Waals surface area contributed by atoms with Gasteiger partial charge in [-0.25, -0.2) is 4.79 Å². The molecule has 0 aromatic heterocycles. The Morgan fingerprint density at radius 2 is 2.21 bits per heavy atom. The highest BCUT2D eigenvalue weighted by atomic mass is 16.5. The van der Waals surface area contributed by atoms with Crippen molar-refractivity contribution >= 4 is 11.9 Å². The summed E-state index contributed by atoms with van der Waals surface area (Å²) < 4.78 is 4.73. The quantitative estimate of drug-likeness (QED) is 0.302. The van der Waals surface area contributed by atoms with Crippen molar-refractivity contribution in [3.8, 4) is 0 Å². The molecule has 0 aliphatic carbocycles. The van der Waals surface area contributed by atoms with E-state index >= 15 is 0 Å². The average Bonchev–Trinajstić information content (AvgIpc) is 2.12. The molecule has 0 saturated carbocycles. The SMILES string of the molecule is C=C=CC(=O)NCCOC(=O)C(=C)C. The molecule has 1 N–H and O–H groups in total. The Labute approximate surface area is 82.9 Å². The van der Waals surface area contributed by atoms with Crippen LogP contribution in [0.1, 0.15) is 6.92 Å². The zero-order chi connectivity index (χ0) is 11.0. The number of carbonyl (C=O) groups is 2. The summed E-state index contributed by atoms with van der Waals surface area (Å²) in [6.07, 6.45) is 1.17. The summed E-state index contributed by atoms with van der Waals surface area (Å²) >= 11 is 0. The molecular formula is C10H13NO3. The Balaban J connectivity index is 3.57. The second kappa shape index (κ2) is 6.69. The molecule has 0 aromatic rings. The van der Waals surface area contributed by atoms with Crippen LogP contribution in [-0.4, -0.2) is 25.0 Å². The molecule has 0 spiro atoms. The number of amides is 1. The van der Waals surface area contributed by atoms with Gasteiger partial charge in [-0.05, 0) is 6.92 Å². The molecule has 76 valence electrons. The van der Waals surface area contributed by atoms with Crippen molar-refractivity contribution in [2.45, 2.75) is 6.92 Å². The molecule has 0 heterocycles. The van der Waals surface area contributed by atoms with Gasteiger partial charge in [-0.15, -0.1) is 5.73 Å². The highest BCUT2D eigenvalue weighted by molar-refractivity contribution is 5.87. The van der Waals surface area contributed by atoms with Gasteiger partial charge in [0, 0.05) is 11.6 Å². The predicted octanol–water partition coefficient (Wildman–Crippen LogP) is 0.563. The first-order valence-corrected chi connectivity index (χ1v) is 4.04. The van der Waals surface area contributed by atoms with Crippen LogP contribution in [-0.2, 0) is 14.3 Å². The summed E-state index contributed by atoms with van der Waals surface area (Å²) in [6, 6.07) is 0. The number of hydrogen-bond acceptors (Lipinski definition) is 3. The Bertz CT molecular complexity index is 272. The maximum absolute atomic E-state index is 10.8. The number of esters is 1. The van der Waals surface area contributed by atoms with Crippen LogP contribution < -0.4 is 5.32 Å². The summed E-state index contributed by atoms with van der Waals surface area (Å²) in [5.74, 6) is -0.773. The molecule has 0 fully saturated rings. The summed E-state index contributed by atoms with van der Waals surface area (Å²) in [4.78, 5) is 21.6. The smallest absolute Gasteiger partial charge is 0.333 e. The van der Waals surface area contributed by atoms with Crippen LogP contribution in [0.3, 0.4) is 0 Å². The third-order valence-electron chi connectivity index (χ3n) is 1.22. The summed E-state index contributed by atoms with van der Waals surface area (Å²) in [6.45, 7) is 8.60. The minimum Gasteiger partial charge on any atom is -0.460 e. The van der Waals surface area contributed by atoms with E-state index in [0.717, 1.165) is 0 Å². The van der Waals surface area contributed by atoms with E-state index < -0.39 is 5.97 Å². The van der Waals surface area contributed by atoms with Crippen LogP contribution in [0.5, 0.6) is 0 Å². The zero-order valence-corrected chi connectivity index (χ0v) is 8.13. The van der Waals surface area contributed by atoms with E-state index in [0.29, 0.717) is 5.57 Å². The van der Waals surface area contributed by atoms with Crippen molar-refractivity contribution in [2.75, 3.05) is 13.2 Å². The normalized spacial score (nSPS) is 8.36. The van der Waals surface area contributed by atoms with Gasteiger partial charge >= 0.3 is 5.97 Å². The Morgan fingerprint density at radius 1 is 1.57 bits per heavy atom. The largest absolute Gasteiger partial charge is 0.460 e. The lowest BCUT2D eigenvalue weighted by atomic mass is 10.4. The van der Waals surface area contributed by atoms with Crippen molar-refractivity contribution in [2.24, 2.45) is 0 Å². The third kappa shape index (κ3) is 5.80. The number of nitrogens with one attached hydrogen (secondary N) is 1. The van der Waals surface area contributed by atoms with Crippen LogP contribution in [0.4, 0.5) is 0 Å². The molecule has 14 heavy (non-hydrogen) atoms. The molecule has 0 atom stereocenters. The first-order valence-electron chi connectivity index (χ1n) is 4.04. The first-order chi connectivity index (χ1) is 6.57. The first kappa shape index (κ1) is 12.2. The van der Waals surface area contributed by atoms with E-state index in [9.17, 15) is 9.59 Å². The maximum Gasteiger partial charge on any atom is 0.333 e. The van der Waals surface area contributed by atoms with Crippen molar-refractivity contribution in [3.63, 3.8) is 0 Å². The van der Waals surface area contributed by atoms with Gasteiger partial charge in [0.25, 0.3) is 5.91 Å². The van der Waals surface area contributed by atoms with Crippen molar-refractivity contribution in [1.82, 2.24) is 5.32 Å². The fraction of sp³-hybridized carbons (Fsp3) is 0.300. The summed E-state index contributed by atoms with van der Waals surface area (Å²) in [7, 11) is 0. The molecule has 0 aliphatic heterocycles. The average molecular weight is 195 g/mol. The number of hydrogen-bond donors (Lipinski definition) is 1. The lowest BCUT2D eigenvalue weighted by Gasteiger charge is -2.03. The van der Waals surface area contributed by atoms with Gasteiger partial charge in [0.15, 0.2) is 0 Å². The fourth-order valence-corrected chi connectivity index (χ4v) is 0.585.